The molecular formula is C23H22N2O4S. The molecule has 0 spiro atoms. The predicted molar refractivity (Wildman–Crippen MR) is 119 cm³/mol. The number of benzene rings is 3. The van der Waals surface area contributed by atoms with Crippen LogP contribution in [0.2, 0.25) is 0 Å². The van der Waals surface area contributed by atoms with Gasteiger partial charge in [0, 0.05) is 11.8 Å². The van der Waals surface area contributed by atoms with Gasteiger partial charge in [-0.25, -0.2) is 8.42 Å². The van der Waals surface area contributed by atoms with Gasteiger partial charge in [-0.3, -0.25) is 9.52 Å². The maximum Gasteiger partial charge on any atom is 0.262 e. The van der Waals surface area contributed by atoms with Crippen LogP contribution in [-0.2, 0) is 14.8 Å². The van der Waals surface area contributed by atoms with E-state index in [0.717, 1.165) is 11.1 Å². The number of hydrogen-bond acceptors (Lipinski definition) is 4. The van der Waals surface area contributed by atoms with Crippen molar-refractivity contribution in [3.05, 3.63) is 90.0 Å². The average molecular weight is 423 g/mol. The number of hydrogen-bond donors (Lipinski definition) is 2. The van der Waals surface area contributed by atoms with Crippen molar-refractivity contribution in [2.75, 3.05) is 17.1 Å². The van der Waals surface area contributed by atoms with Crippen molar-refractivity contribution in [3.8, 4) is 5.75 Å². The van der Waals surface area contributed by atoms with Crippen LogP contribution in [0.5, 0.6) is 5.75 Å². The highest BCUT2D eigenvalue weighted by atomic mass is 32.2. The minimum atomic E-state index is -3.80. The Labute approximate surface area is 176 Å². The Morgan fingerprint density at radius 3 is 2.27 bits per heavy atom. The number of aryl methyl sites for hydroxylation is 1. The van der Waals surface area contributed by atoms with Crippen LogP contribution in [0, 0.1) is 6.92 Å². The summed E-state index contributed by atoms with van der Waals surface area (Å²) in [5, 5.41) is 2.71. The summed E-state index contributed by atoms with van der Waals surface area (Å²) < 4.78 is 32.9. The second-order valence-corrected chi connectivity index (χ2v) is 8.25. The molecule has 0 saturated heterocycles. The number of para-hydroxylation sites is 2. The number of carbonyl (C=O) groups excluding carboxylic acids is 1. The third-order valence-corrected chi connectivity index (χ3v) is 5.67. The van der Waals surface area contributed by atoms with E-state index in [-0.39, 0.29) is 10.8 Å². The molecule has 154 valence electrons. The summed E-state index contributed by atoms with van der Waals surface area (Å²) in [7, 11) is -2.33. The van der Waals surface area contributed by atoms with Crippen molar-refractivity contribution in [2.45, 2.75) is 11.8 Å². The number of rotatable bonds is 7. The van der Waals surface area contributed by atoms with Gasteiger partial charge in [0.15, 0.2) is 0 Å². The van der Waals surface area contributed by atoms with E-state index in [1.807, 2.05) is 31.2 Å². The van der Waals surface area contributed by atoms with E-state index in [1.54, 1.807) is 30.3 Å². The number of amides is 1. The maximum absolute atomic E-state index is 12.6. The molecule has 0 aromatic heterocycles. The topological polar surface area (TPSA) is 84.5 Å². The van der Waals surface area contributed by atoms with Gasteiger partial charge in [0.25, 0.3) is 10.0 Å². The molecule has 0 aliphatic carbocycles. The van der Waals surface area contributed by atoms with Crippen molar-refractivity contribution in [3.63, 3.8) is 0 Å². The van der Waals surface area contributed by atoms with Gasteiger partial charge in [-0.1, -0.05) is 42.0 Å². The van der Waals surface area contributed by atoms with E-state index < -0.39 is 10.0 Å². The fourth-order valence-corrected chi connectivity index (χ4v) is 3.75. The standard InChI is InChI=1S/C23H22N2O4S/c1-17-7-9-18(10-8-17)11-16-23(26)24-19-12-14-20(15-13-19)30(27,28)25-21-5-3-4-6-22(21)29-2/h3-16,25H,1-2H3,(H,24,26)/b16-11+. The lowest BCUT2D eigenvalue weighted by molar-refractivity contribution is -0.111. The summed E-state index contributed by atoms with van der Waals surface area (Å²) in [5.41, 5.74) is 2.90. The molecule has 0 radical (unpaired) electrons. The second-order valence-electron chi connectivity index (χ2n) is 6.56. The molecule has 7 heteroatoms. The molecule has 0 heterocycles. The fourth-order valence-electron chi connectivity index (χ4n) is 2.68. The molecule has 30 heavy (non-hydrogen) atoms. The molecule has 0 aliphatic rings. The van der Waals surface area contributed by atoms with Crippen molar-refractivity contribution in [1.82, 2.24) is 0 Å². The van der Waals surface area contributed by atoms with Crippen LogP contribution in [0.25, 0.3) is 6.08 Å². The Morgan fingerprint density at radius 2 is 1.60 bits per heavy atom. The van der Waals surface area contributed by atoms with Crippen molar-refractivity contribution in [2.24, 2.45) is 0 Å². The maximum atomic E-state index is 12.6. The summed E-state index contributed by atoms with van der Waals surface area (Å²) in [6.45, 7) is 2.00. The van der Waals surface area contributed by atoms with E-state index in [4.69, 9.17) is 4.74 Å². The Balaban J connectivity index is 1.66. The van der Waals surface area contributed by atoms with E-state index in [2.05, 4.69) is 10.0 Å². The van der Waals surface area contributed by atoms with Gasteiger partial charge in [0.2, 0.25) is 5.91 Å². The molecule has 2 N–H and O–H groups in total. The number of methoxy groups -OCH3 is 1. The highest BCUT2D eigenvalue weighted by Crippen LogP contribution is 2.26. The van der Waals surface area contributed by atoms with Crippen LogP contribution in [-0.4, -0.2) is 21.4 Å². The normalized spacial score (nSPS) is 11.3. The Hall–Kier alpha value is -3.58. The molecule has 0 saturated carbocycles. The van der Waals surface area contributed by atoms with Crippen LogP contribution >= 0.6 is 0 Å². The van der Waals surface area contributed by atoms with Gasteiger partial charge in [-0.2, -0.15) is 0 Å². The SMILES string of the molecule is COc1ccccc1NS(=O)(=O)c1ccc(NC(=O)/C=C/c2ccc(C)cc2)cc1. The molecule has 0 fully saturated rings. The van der Waals surface area contributed by atoms with Gasteiger partial charge in [0.05, 0.1) is 17.7 Å². The lowest BCUT2D eigenvalue weighted by Crippen LogP contribution is -2.14. The van der Waals surface area contributed by atoms with E-state index >= 15 is 0 Å². The molecule has 0 atom stereocenters. The van der Waals surface area contributed by atoms with Crippen molar-refractivity contribution < 1.29 is 17.9 Å². The van der Waals surface area contributed by atoms with E-state index in [1.165, 1.54) is 37.5 Å². The monoisotopic (exact) mass is 422 g/mol. The van der Waals surface area contributed by atoms with E-state index in [0.29, 0.717) is 17.1 Å². The number of nitrogens with one attached hydrogen (secondary N) is 2. The molecule has 3 aromatic carbocycles. The molecule has 3 aromatic rings. The van der Waals surface area contributed by atoms with E-state index in [9.17, 15) is 13.2 Å². The highest BCUT2D eigenvalue weighted by Gasteiger charge is 2.16. The first-order valence-electron chi connectivity index (χ1n) is 9.19. The fraction of sp³-hybridized carbons (Fsp3) is 0.0870. The summed E-state index contributed by atoms with van der Waals surface area (Å²) in [6, 6.07) is 20.5. The number of sulfonamides is 1. The molecule has 3 rings (SSSR count). The van der Waals surface area contributed by atoms with Crippen LogP contribution in [0.3, 0.4) is 0 Å². The number of anilines is 2. The first-order valence-corrected chi connectivity index (χ1v) is 10.7. The van der Waals surface area contributed by atoms with Gasteiger partial charge < -0.3 is 10.1 Å². The highest BCUT2D eigenvalue weighted by molar-refractivity contribution is 7.92. The number of carbonyl (C=O) groups is 1. The smallest absolute Gasteiger partial charge is 0.262 e. The molecule has 0 aliphatic heterocycles. The zero-order valence-corrected chi connectivity index (χ0v) is 17.4. The summed E-state index contributed by atoms with van der Waals surface area (Å²) in [6.07, 6.45) is 3.14. The third kappa shape index (κ3) is 5.48. The Morgan fingerprint density at radius 1 is 0.933 bits per heavy atom. The van der Waals surface area contributed by atoms with Crippen LogP contribution in [0.1, 0.15) is 11.1 Å². The first-order chi connectivity index (χ1) is 14.4. The molecule has 0 bridgehead atoms. The minimum absolute atomic E-state index is 0.0709. The van der Waals surface area contributed by atoms with Crippen molar-refractivity contribution in [1.29, 1.82) is 0 Å². The van der Waals surface area contributed by atoms with Gasteiger partial charge in [-0.15, -0.1) is 0 Å². The third-order valence-electron chi connectivity index (χ3n) is 4.29. The Kier molecular flexibility index (Phi) is 6.54. The van der Waals surface area contributed by atoms with Crippen LogP contribution in [0.15, 0.2) is 83.8 Å². The zero-order chi connectivity index (χ0) is 21.6. The minimum Gasteiger partial charge on any atom is -0.495 e. The quantitative estimate of drug-likeness (QED) is 0.551. The zero-order valence-electron chi connectivity index (χ0n) is 16.6. The van der Waals surface area contributed by atoms with Gasteiger partial charge in [0.1, 0.15) is 5.75 Å². The molecular weight excluding hydrogens is 400 g/mol. The Bertz CT molecular complexity index is 1150. The van der Waals surface area contributed by atoms with Crippen LogP contribution in [0.4, 0.5) is 11.4 Å². The average Bonchev–Trinajstić information content (AvgIpc) is 2.74. The molecule has 0 unspecified atom stereocenters. The van der Waals surface area contributed by atoms with Crippen molar-refractivity contribution >= 4 is 33.4 Å². The summed E-state index contributed by atoms with van der Waals surface area (Å²) in [5.74, 6) is 0.114. The lowest BCUT2D eigenvalue weighted by Gasteiger charge is -2.12. The molecule has 1 amide bonds. The summed E-state index contributed by atoms with van der Waals surface area (Å²) in [4.78, 5) is 12.2. The van der Waals surface area contributed by atoms with Gasteiger partial charge in [-0.05, 0) is 55.0 Å². The predicted octanol–water partition coefficient (Wildman–Crippen LogP) is 4.46. The number of ether oxygens (including phenoxy) is 1. The van der Waals surface area contributed by atoms with Gasteiger partial charge >= 0.3 is 0 Å². The van der Waals surface area contributed by atoms with Crippen LogP contribution < -0.4 is 14.8 Å². The molecule has 6 nitrogen and oxygen atoms in total. The first kappa shape index (κ1) is 21.1. The summed E-state index contributed by atoms with van der Waals surface area (Å²) >= 11 is 0. The lowest BCUT2D eigenvalue weighted by atomic mass is 10.1. The second kappa shape index (κ2) is 9.28. The largest absolute Gasteiger partial charge is 0.495 e.